The molecule has 14 heavy (non-hydrogen) atoms. The Kier molecular flexibility index (Phi) is 6.54. The second kappa shape index (κ2) is 6.82. The van der Waals surface area contributed by atoms with Gasteiger partial charge in [-0.05, 0) is 19.8 Å². The van der Waals surface area contributed by atoms with Crippen molar-refractivity contribution in [2.24, 2.45) is 0 Å². The van der Waals surface area contributed by atoms with E-state index < -0.39 is 5.60 Å². The van der Waals surface area contributed by atoms with Crippen molar-refractivity contribution in [1.29, 1.82) is 0 Å². The van der Waals surface area contributed by atoms with Crippen LogP contribution in [0.25, 0.3) is 0 Å². The topological polar surface area (TPSA) is 38.3 Å². The zero-order valence-corrected chi connectivity index (χ0v) is 9.85. The lowest BCUT2D eigenvalue weighted by Gasteiger charge is -2.25. The smallest absolute Gasteiger partial charge is 0.251 e. The van der Waals surface area contributed by atoms with Gasteiger partial charge >= 0.3 is 0 Å². The summed E-state index contributed by atoms with van der Waals surface area (Å²) in [6.07, 6.45) is 4.08. The molecule has 0 bridgehead atoms. The van der Waals surface area contributed by atoms with Gasteiger partial charge in [0, 0.05) is 13.7 Å². The fourth-order valence-electron chi connectivity index (χ4n) is 1.16. The number of carbonyl (C=O) groups excluding carboxylic acids is 1. The summed E-state index contributed by atoms with van der Waals surface area (Å²) in [4.78, 5) is 11.7. The van der Waals surface area contributed by atoms with Crippen molar-refractivity contribution in [1.82, 2.24) is 5.32 Å². The molecule has 3 nitrogen and oxygen atoms in total. The van der Waals surface area contributed by atoms with Crippen LogP contribution in [0.4, 0.5) is 0 Å². The number of ether oxygens (including phenoxy) is 1. The van der Waals surface area contributed by atoms with Crippen LogP contribution in [-0.2, 0) is 9.53 Å². The molecule has 0 aromatic heterocycles. The summed E-state index contributed by atoms with van der Waals surface area (Å²) in [5, 5.41) is 2.90. The molecule has 1 amide bonds. The van der Waals surface area contributed by atoms with E-state index in [0.29, 0.717) is 6.42 Å². The molecule has 84 valence electrons. The number of amides is 1. The average Bonchev–Trinajstić information content (AvgIpc) is 2.22. The van der Waals surface area contributed by atoms with Gasteiger partial charge < -0.3 is 10.1 Å². The summed E-state index contributed by atoms with van der Waals surface area (Å²) in [5.41, 5.74) is -0.661. The molecule has 0 aliphatic rings. The van der Waals surface area contributed by atoms with Gasteiger partial charge in [0.2, 0.25) is 0 Å². The second-order valence-electron chi connectivity index (χ2n) is 3.75. The Morgan fingerprint density at radius 3 is 2.43 bits per heavy atom. The van der Waals surface area contributed by atoms with Crippen LogP contribution in [0.5, 0.6) is 0 Å². The third-order valence-electron chi connectivity index (χ3n) is 2.67. The van der Waals surface area contributed by atoms with Crippen LogP contribution < -0.4 is 5.32 Å². The number of hydrogen-bond acceptors (Lipinski definition) is 2. The van der Waals surface area contributed by atoms with E-state index in [1.54, 1.807) is 7.11 Å². The van der Waals surface area contributed by atoms with Gasteiger partial charge in [0.05, 0.1) is 0 Å². The molecule has 0 heterocycles. The van der Waals surface area contributed by atoms with Crippen LogP contribution in [0.2, 0.25) is 0 Å². The summed E-state index contributed by atoms with van der Waals surface area (Å²) in [5.74, 6) is -0.00129. The highest BCUT2D eigenvalue weighted by atomic mass is 16.5. The molecule has 0 aliphatic carbocycles. The van der Waals surface area contributed by atoms with Gasteiger partial charge in [-0.15, -0.1) is 0 Å². The molecule has 1 unspecified atom stereocenters. The van der Waals surface area contributed by atoms with Gasteiger partial charge in [-0.25, -0.2) is 0 Å². The minimum atomic E-state index is -0.661. The first kappa shape index (κ1) is 13.4. The van der Waals surface area contributed by atoms with Crippen molar-refractivity contribution in [3.63, 3.8) is 0 Å². The van der Waals surface area contributed by atoms with Gasteiger partial charge in [0.15, 0.2) is 0 Å². The van der Waals surface area contributed by atoms with E-state index in [-0.39, 0.29) is 5.91 Å². The number of rotatable bonds is 7. The number of nitrogens with one attached hydrogen (secondary N) is 1. The maximum Gasteiger partial charge on any atom is 0.251 e. The van der Waals surface area contributed by atoms with Gasteiger partial charge in [-0.3, -0.25) is 4.79 Å². The molecule has 1 N–H and O–H groups in total. The Labute approximate surface area is 87.2 Å². The third kappa shape index (κ3) is 4.09. The van der Waals surface area contributed by atoms with Gasteiger partial charge in [0.25, 0.3) is 5.91 Å². The van der Waals surface area contributed by atoms with E-state index in [9.17, 15) is 4.79 Å². The lowest BCUT2D eigenvalue weighted by Crippen LogP contribution is -2.45. The molecule has 3 heteroatoms. The highest BCUT2D eigenvalue weighted by Gasteiger charge is 2.30. The number of hydrogen-bond donors (Lipinski definition) is 1. The Morgan fingerprint density at radius 2 is 2.00 bits per heavy atom. The van der Waals surface area contributed by atoms with Crippen LogP contribution in [-0.4, -0.2) is 25.2 Å². The highest BCUT2D eigenvalue weighted by Crippen LogP contribution is 2.13. The quantitative estimate of drug-likeness (QED) is 0.641. The zero-order chi connectivity index (χ0) is 11.0. The van der Waals surface area contributed by atoms with Crippen molar-refractivity contribution < 1.29 is 9.53 Å². The lowest BCUT2D eigenvalue weighted by molar-refractivity contribution is -0.141. The Morgan fingerprint density at radius 1 is 1.36 bits per heavy atom. The maximum absolute atomic E-state index is 11.7. The van der Waals surface area contributed by atoms with Gasteiger partial charge in [0.1, 0.15) is 5.60 Å². The standard InChI is InChI=1S/C11H23NO2/c1-5-7-8-9-12-10(13)11(3,6-2)14-4/h5-9H2,1-4H3,(H,12,13). The first-order valence-corrected chi connectivity index (χ1v) is 5.44. The van der Waals surface area contributed by atoms with E-state index >= 15 is 0 Å². The largest absolute Gasteiger partial charge is 0.369 e. The summed E-state index contributed by atoms with van der Waals surface area (Å²) in [6.45, 7) is 6.68. The number of methoxy groups -OCH3 is 1. The fraction of sp³-hybridized carbons (Fsp3) is 0.909. The van der Waals surface area contributed by atoms with Crippen molar-refractivity contribution in [3.8, 4) is 0 Å². The summed E-state index contributed by atoms with van der Waals surface area (Å²) in [7, 11) is 1.58. The van der Waals surface area contributed by atoms with Crippen LogP contribution in [0.15, 0.2) is 0 Å². The minimum Gasteiger partial charge on any atom is -0.369 e. The van der Waals surface area contributed by atoms with Crippen LogP contribution >= 0.6 is 0 Å². The predicted molar refractivity (Wildman–Crippen MR) is 58.2 cm³/mol. The molecule has 0 spiro atoms. The summed E-state index contributed by atoms with van der Waals surface area (Å²) < 4.78 is 5.19. The van der Waals surface area contributed by atoms with Gasteiger partial charge in [-0.1, -0.05) is 26.7 Å². The predicted octanol–water partition coefficient (Wildman–Crippen LogP) is 2.11. The molecular weight excluding hydrogens is 178 g/mol. The molecule has 1 atom stereocenters. The van der Waals surface area contributed by atoms with E-state index in [4.69, 9.17) is 4.74 Å². The normalized spacial score (nSPS) is 14.9. The van der Waals surface area contributed by atoms with Crippen LogP contribution in [0, 0.1) is 0 Å². The first-order chi connectivity index (χ1) is 6.60. The average molecular weight is 201 g/mol. The first-order valence-electron chi connectivity index (χ1n) is 5.44. The molecular formula is C11H23NO2. The van der Waals surface area contributed by atoms with Crippen LogP contribution in [0.1, 0.15) is 46.5 Å². The molecule has 0 aromatic rings. The van der Waals surface area contributed by atoms with E-state index in [1.165, 1.54) is 6.42 Å². The monoisotopic (exact) mass is 201 g/mol. The fourth-order valence-corrected chi connectivity index (χ4v) is 1.16. The molecule has 0 aromatic carbocycles. The third-order valence-corrected chi connectivity index (χ3v) is 2.67. The van der Waals surface area contributed by atoms with Crippen molar-refractivity contribution in [2.75, 3.05) is 13.7 Å². The summed E-state index contributed by atoms with van der Waals surface area (Å²) >= 11 is 0. The number of carbonyl (C=O) groups is 1. The Bertz CT molecular complexity index is 165. The minimum absolute atomic E-state index is 0.00129. The maximum atomic E-state index is 11.7. The number of unbranched alkanes of at least 4 members (excludes halogenated alkanes) is 2. The van der Waals surface area contributed by atoms with Crippen molar-refractivity contribution in [3.05, 3.63) is 0 Å². The molecule has 0 saturated carbocycles. The molecule has 0 saturated heterocycles. The van der Waals surface area contributed by atoms with E-state index in [2.05, 4.69) is 12.2 Å². The second-order valence-corrected chi connectivity index (χ2v) is 3.75. The molecule has 0 rings (SSSR count). The SMILES string of the molecule is CCCCCNC(=O)C(C)(CC)OC. The molecule has 0 fully saturated rings. The zero-order valence-electron chi connectivity index (χ0n) is 9.85. The van der Waals surface area contributed by atoms with E-state index in [0.717, 1.165) is 19.4 Å². The lowest BCUT2D eigenvalue weighted by atomic mass is 10.0. The van der Waals surface area contributed by atoms with E-state index in [1.807, 2.05) is 13.8 Å². The highest BCUT2D eigenvalue weighted by molar-refractivity contribution is 5.84. The van der Waals surface area contributed by atoms with Crippen LogP contribution in [0.3, 0.4) is 0 Å². The van der Waals surface area contributed by atoms with Gasteiger partial charge in [-0.2, -0.15) is 0 Å². The molecule has 0 aliphatic heterocycles. The Balaban J connectivity index is 3.82. The Hall–Kier alpha value is -0.570. The molecule has 0 radical (unpaired) electrons. The van der Waals surface area contributed by atoms with Crippen molar-refractivity contribution in [2.45, 2.75) is 52.1 Å². The summed E-state index contributed by atoms with van der Waals surface area (Å²) in [6, 6.07) is 0. The van der Waals surface area contributed by atoms with Crippen molar-refractivity contribution >= 4 is 5.91 Å².